The molecule has 2 saturated heterocycles. The van der Waals surface area contributed by atoms with Crippen LogP contribution in [0.2, 0.25) is 0 Å². The lowest BCUT2D eigenvalue weighted by atomic mass is 9.88. The van der Waals surface area contributed by atoms with Crippen molar-refractivity contribution in [2.45, 2.75) is 43.8 Å². The zero-order chi connectivity index (χ0) is 18.0. The first-order valence-corrected chi connectivity index (χ1v) is 7.98. The summed E-state index contributed by atoms with van der Waals surface area (Å²) >= 11 is 0. The SMILES string of the molecule is Cn1cc(-n2nc(CC(N)=O)nc2[C@H]2C[C@@H]3CC[C@H]2O3)cn1.O=CO. The molecule has 3 N–H and O–H groups in total. The first-order chi connectivity index (χ1) is 12.0. The number of amides is 1. The Kier molecular flexibility index (Phi) is 4.79. The zero-order valence-electron chi connectivity index (χ0n) is 13.8. The molecule has 0 aliphatic carbocycles. The van der Waals surface area contributed by atoms with Gasteiger partial charge in [-0.15, -0.1) is 0 Å². The second-order valence-corrected chi connectivity index (χ2v) is 6.13. The Hall–Kier alpha value is -2.75. The number of hydrogen-bond donors (Lipinski definition) is 2. The van der Waals surface area contributed by atoms with Crippen molar-refractivity contribution in [1.29, 1.82) is 0 Å². The number of ether oxygens (including phenoxy) is 1. The largest absolute Gasteiger partial charge is 0.483 e. The summed E-state index contributed by atoms with van der Waals surface area (Å²) in [6.45, 7) is -0.250. The van der Waals surface area contributed by atoms with Crippen molar-refractivity contribution in [2.24, 2.45) is 12.8 Å². The summed E-state index contributed by atoms with van der Waals surface area (Å²) in [5, 5.41) is 15.5. The molecule has 1 amide bonds. The van der Waals surface area contributed by atoms with Gasteiger partial charge in [-0.2, -0.15) is 10.2 Å². The summed E-state index contributed by atoms with van der Waals surface area (Å²) in [6.07, 6.45) is 7.32. The highest BCUT2D eigenvalue weighted by molar-refractivity contribution is 5.75. The quantitative estimate of drug-likeness (QED) is 0.727. The smallest absolute Gasteiger partial charge is 0.290 e. The number of nitrogens with zero attached hydrogens (tertiary/aromatic N) is 5. The number of aromatic nitrogens is 5. The number of rotatable bonds is 4. The summed E-state index contributed by atoms with van der Waals surface area (Å²) in [6, 6.07) is 0. The van der Waals surface area contributed by atoms with Gasteiger partial charge in [0.1, 0.15) is 11.5 Å². The monoisotopic (exact) mass is 348 g/mol. The van der Waals surface area contributed by atoms with Crippen LogP contribution in [0, 0.1) is 0 Å². The Labute approximate surface area is 143 Å². The maximum absolute atomic E-state index is 11.2. The van der Waals surface area contributed by atoms with Crippen molar-refractivity contribution < 1.29 is 19.4 Å². The third-order valence-corrected chi connectivity index (χ3v) is 4.38. The summed E-state index contributed by atoms with van der Waals surface area (Å²) in [7, 11) is 1.85. The third-order valence-electron chi connectivity index (χ3n) is 4.38. The Morgan fingerprint density at radius 2 is 2.28 bits per heavy atom. The molecule has 2 bridgehead atoms. The predicted molar refractivity (Wildman–Crippen MR) is 85.0 cm³/mol. The summed E-state index contributed by atoms with van der Waals surface area (Å²) in [4.78, 5) is 24.1. The molecule has 4 heterocycles. The number of carbonyl (C=O) groups excluding carboxylic acids is 1. The van der Waals surface area contributed by atoms with Crippen molar-refractivity contribution in [2.75, 3.05) is 0 Å². The predicted octanol–water partition coefficient (Wildman–Crippen LogP) is -0.236. The molecule has 134 valence electrons. The van der Waals surface area contributed by atoms with Gasteiger partial charge in [0, 0.05) is 13.0 Å². The second kappa shape index (κ2) is 7.01. The Bertz CT molecular complexity index is 770. The number of carboxylic acid groups (broad SMARTS) is 1. The van der Waals surface area contributed by atoms with Crippen LogP contribution in [0.3, 0.4) is 0 Å². The minimum atomic E-state index is -0.431. The fourth-order valence-corrected chi connectivity index (χ4v) is 3.46. The first kappa shape index (κ1) is 17.1. The van der Waals surface area contributed by atoms with E-state index in [0.717, 1.165) is 30.8 Å². The van der Waals surface area contributed by atoms with E-state index < -0.39 is 5.91 Å². The molecule has 10 nitrogen and oxygen atoms in total. The lowest BCUT2D eigenvalue weighted by Crippen LogP contribution is -2.19. The van der Waals surface area contributed by atoms with Crippen molar-refractivity contribution in [1.82, 2.24) is 24.5 Å². The van der Waals surface area contributed by atoms with Gasteiger partial charge in [0.25, 0.3) is 6.47 Å². The molecular formula is C15H20N6O4. The minimum absolute atomic E-state index is 0.0436. The maximum atomic E-state index is 11.2. The van der Waals surface area contributed by atoms with E-state index >= 15 is 0 Å². The van der Waals surface area contributed by atoms with Gasteiger partial charge in [0.15, 0.2) is 5.82 Å². The normalized spacial score (nSPS) is 24.0. The van der Waals surface area contributed by atoms with E-state index in [0.29, 0.717) is 11.9 Å². The first-order valence-electron chi connectivity index (χ1n) is 7.98. The van der Waals surface area contributed by atoms with Gasteiger partial charge < -0.3 is 15.6 Å². The van der Waals surface area contributed by atoms with E-state index in [9.17, 15) is 4.79 Å². The maximum Gasteiger partial charge on any atom is 0.290 e. The van der Waals surface area contributed by atoms with E-state index in [4.69, 9.17) is 20.4 Å². The van der Waals surface area contributed by atoms with Crippen LogP contribution < -0.4 is 5.73 Å². The van der Waals surface area contributed by atoms with Crippen LogP contribution in [0.5, 0.6) is 0 Å². The second-order valence-electron chi connectivity index (χ2n) is 6.13. The molecule has 2 aliphatic rings. The fourth-order valence-electron chi connectivity index (χ4n) is 3.46. The molecule has 0 spiro atoms. The van der Waals surface area contributed by atoms with Crippen LogP contribution >= 0.6 is 0 Å². The number of carbonyl (C=O) groups is 2. The molecule has 2 aromatic rings. The summed E-state index contributed by atoms with van der Waals surface area (Å²) in [5.41, 5.74) is 6.11. The molecule has 0 radical (unpaired) electrons. The highest BCUT2D eigenvalue weighted by atomic mass is 16.5. The van der Waals surface area contributed by atoms with Crippen LogP contribution in [0.15, 0.2) is 12.4 Å². The molecule has 3 atom stereocenters. The van der Waals surface area contributed by atoms with Crippen LogP contribution in [0.4, 0.5) is 0 Å². The van der Waals surface area contributed by atoms with Gasteiger partial charge >= 0.3 is 0 Å². The van der Waals surface area contributed by atoms with E-state index in [1.54, 1.807) is 15.6 Å². The van der Waals surface area contributed by atoms with Crippen molar-refractivity contribution in [3.05, 3.63) is 24.0 Å². The lowest BCUT2D eigenvalue weighted by Gasteiger charge is -2.17. The average Bonchev–Trinajstić information content (AvgIpc) is 3.29. The fraction of sp³-hybridized carbons (Fsp3) is 0.533. The minimum Gasteiger partial charge on any atom is -0.483 e. The Balaban J connectivity index is 0.000000569. The van der Waals surface area contributed by atoms with Crippen LogP contribution in [-0.4, -0.2) is 54.2 Å². The molecule has 10 heteroatoms. The highest BCUT2D eigenvalue weighted by Crippen LogP contribution is 2.44. The van der Waals surface area contributed by atoms with Gasteiger partial charge in [-0.25, -0.2) is 9.67 Å². The number of nitrogens with two attached hydrogens (primary N) is 1. The molecule has 4 rings (SSSR count). The molecule has 2 aliphatic heterocycles. The molecule has 0 aromatic carbocycles. The Morgan fingerprint density at radius 3 is 2.80 bits per heavy atom. The van der Waals surface area contributed by atoms with Gasteiger partial charge in [-0.1, -0.05) is 0 Å². The topological polar surface area (TPSA) is 138 Å². The summed E-state index contributed by atoms with van der Waals surface area (Å²) < 4.78 is 9.42. The van der Waals surface area contributed by atoms with Gasteiger partial charge in [-0.05, 0) is 19.3 Å². The molecule has 2 aromatic heterocycles. The van der Waals surface area contributed by atoms with Crippen LogP contribution in [0.1, 0.15) is 36.8 Å². The standard InChI is InChI=1S/C14H18N6O2.CH2O2/c1-19-7-8(6-16-19)20-14(17-13(18-20)5-12(15)21)10-4-9-2-3-11(10)22-9;2-1-3/h6-7,9-11H,2-5H2,1H3,(H2,15,21);1H,(H,2,3)/t9-,10-,11+;/m0./s1. The van der Waals surface area contributed by atoms with E-state index in [1.807, 2.05) is 13.2 Å². The highest BCUT2D eigenvalue weighted by Gasteiger charge is 2.44. The molecule has 0 saturated carbocycles. The van der Waals surface area contributed by atoms with Gasteiger partial charge in [0.2, 0.25) is 5.91 Å². The number of primary amides is 1. The number of aryl methyl sites for hydroxylation is 1. The van der Waals surface area contributed by atoms with Gasteiger partial charge in [-0.3, -0.25) is 14.3 Å². The van der Waals surface area contributed by atoms with Crippen molar-refractivity contribution in [3.8, 4) is 5.69 Å². The molecular weight excluding hydrogens is 328 g/mol. The number of hydrogen-bond acceptors (Lipinski definition) is 6. The van der Waals surface area contributed by atoms with Crippen molar-refractivity contribution in [3.63, 3.8) is 0 Å². The van der Waals surface area contributed by atoms with Gasteiger partial charge in [0.05, 0.1) is 31.0 Å². The molecule has 25 heavy (non-hydrogen) atoms. The zero-order valence-corrected chi connectivity index (χ0v) is 13.8. The molecule has 2 fully saturated rings. The van der Waals surface area contributed by atoms with E-state index in [2.05, 4.69) is 15.2 Å². The van der Waals surface area contributed by atoms with E-state index in [1.165, 1.54) is 0 Å². The van der Waals surface area contributed by atoms with Crippen LogP contribution in [-0.2, 0) is 27.8 Å². The van der Waals surface area contributed by atoms with Crippen molar-refractivity contribution >= 4 is 12.4 Å². The lowest BCUT2D eigenvalue weighted by molar-refractivity contribution is -0.123. The average molecular weight is 348 g/mol. The summed E-state index contributed by atoms with van der Waals surface area (Å²) in [5.74, 6) is 1.08. The van der Waals surface area contributed by atoms with Crippen LogP contribution in [0.25, 0.3) is 5.69 Å². The number of fused-ring (bicyclic) bond motifs is 2. The Morgan fingerprint density at radius 1 is 1.52 bits per heavy atom. The molecule has 0 unspecified atom stereocenters. The van der Waals surface area contributed by atoms with E-state index in [-0.39, 0.29) is 24.9 Å². The third kappa shape index (κ3) is 3.53.